The second-order valence-corrected chi connectivity index (χ2v) is 8.90. The summed E-state index contributed by atoms with van der Waals surface area (Å²) in [4.78, 5) is 40.6. The van der Waals surface area contributed by atoms with Crippen molar-refractivity contribution in [3.8, 4) is 0 Å². The fourth-order valence-electron chi connectivity index (χ4n) is 4.11. The number of likely N-dealkylation sites (tertiary alicyclic amines) is 1. The van der Waals surface area contributed by atoms with Crippen LogP contribution in [-0.4, -0.2) is 67.1 Å². The van der Waals surface area contributed by atoms with Gasteiger partial charge in [-0.05, 0) is 43.0 Å². The highest BCUT2D eigenvalue weighted by molar-refractivity contribution is 5.94. The molecule has 3 rings (SSSR count). The van der Waals surface area contributed by atoms with E-state index in [9.17, 15) is 14.4 Å². The second kappa shape index (κ2) is 10.8. The number of nitrogens with two attached hydrogens (primary N) is 1. The standard InChI is InChI=1S/C25H34N4O4/c1-25(2,33-3)24(32)29-14-6-9-21(29)23(31)28-20(22(30)27-13-12-26)16-17-10-11-18-7-4-5-8-19(18)15-17/h4-5,7-8,10-11,15,20-21H,6,9,12-14,16,26H2,1-3H3,(H,27,30)(H,28,31). The minimum atomic E-state index is -1.02. The third-order valence-electron chi connectivity index (χ3n) is 6.17. The van der Waals surface area contributed by atoms with E-state index in [2.05, 4.69) is 10.6 Å². The summed E-state index contributed by atoms with van der Waals surface area (Å²) in [5, 5.41) is 7.84. The third kappa shape index (κ3) is 5.89. The summed E-state index contributed by atoms with van der Waals surface area (Å²) < 4.78 is 5.32. The molecule has 1 saturated heterocycles. The Morgan fingerprint density at radius 3 is 2.61 bits per heavy atom. The number of nitrogens with zero attached hydrogens (tertiary/aromatic N) is 1. The van der Waals surface area contributed by atoms with Crippen molar-refractivity contribution in [1.82, 2.24) is 15.5 Å². The average Bonchev–Trinajstić information content (AvgIpc) is 3.31. The zero-order valence-corrected chi connectivity index (χ0v) is 19.6. The van der Waals surface area contributed by atoms with Gasteiger partial charge in [0.15, 0.2) is 0 Å². The van der Waals surface area contributed by atoms with E-state index in [1.54, 1.807) is 18.7 Å². The van der Waals surface area contributed by atoms with Crippen molar-refractivity contribution in [3.63, 3.8) is 0 Å². The number of nitrogens with one attached hydrogen (secondary N) is 2. The van der Waals surface area contributed by atoms with Crippen molar-refractivity contribution in [2.24, 2.45) is 5.73 Å². The van der Waals surface area contributed by atoms with Crippen molar-refractivity contribution in [3.05, 3.63) is 48.0 Å². The molecule has 0 bridgehead atoms. The van der Waals surface area contributed by atoms with Crippen LogP contribution in [0.25, 0.3) is 10.8 Å². The molecule has 0 radical (unpaired) electrons. The van der Waals surface area contributed by atoms with Gasteiger partial charge in [-0.15, -0.1) is 0 Å². The molecule has 2 unspecified atom stereocenters. The van der Waals surface area contributed by atoms with Gasteiger partial charge in [0.25, 0.3) is 5.91 Å². The summed E-state index contributed by atoms with van der Waals surface area (Å²) in [5.41, 5.74) is 5.45. The third-order valence-corrected chi connectivity index (χ3v) is 6.17. The molecule has 4 N–H and O–H groups in total. The molecule has 0 saturated carbocycles. The van der Waals surface area contributed by atoms with Crippen LogP contribution in [0.1, 0.15) is 32.3 Å². The number of rotatable bonds is 9. The average molecular weight is 455 g/mol. The highest BCUT2D eigenvalue weighted by Gasteiger charge is 2.41. The van der Waals surface area contributed by atoms with Crippen LogP contribution in [0.4, 0.5) is 0 Å². The van der Waals surface area contributed by atoms with Crippen molar-refractivity contribution in [1.29, 1.82) is 0 Å². The van der Waals surface area contributed by atoms with E-state index in [1.165, 1.54) is 7.11 Å². The van der Waals surface area contributed by atoms with E-state index in [-0.39, 0.29) is 17.7 Å². The summed E-state index contributed by atoms with van der Waals surface area (Å²) in [7, 11) is 1.48. The molecule has 2 atom stereocenters. The molecule has 8 heteroatoms. The lowest BCUT2D eigenvalue weighted by atomic mass is 10.0. The Morgan fingerprint density at radius 2 is 1.91 bits per heavy atom. The molecule has 8 nitrogen and oxygen atoms in total. The molecular weight excluding hydrogens is 420 g/mol. The van der Waals surface area contributed by atoms with Gasteiger partial charge >= 0.3 is 0 Å². The summed E-state index contributed by atoms with van der Waals surface area (Å²) in [6.45, 7) is 4.48. The minimum absolute atomic E-state index is 0.235. The molecule has 2 aromatic rings. The highest BCUT2D eigenvalue weighted by Crippen LogP contribution is 2.23. The molecule has 1 fully saturated rings. The predicted molar refractivity (Wildman–Crippen MR) is 127 cm³/mol. The minimum Gasteiger partial charge on any atom is -0.369 e. The van der Waals surface area contributed by atoms with E-state index >= 15 is 0 Å². The Balaban J connectivity index is 1.78. The number of fused-ring (bicyclic) bond motifs is 1. The Hall–Kier alpha value is -2.97. The van der Waals surface area contributed by atoms with E-state index in [0.29, 0.717) is 32.5 Å². The molecule has 0 spiro atoms. The van der Waals surface area contributed by atoms with Crippen LogP contribution in [0, 0.1) is 0 Å². The first-order chi connectivity index (χ1) is 15.8. The molecule has 1 aliphatic heterocycles. The molecule has 1 heterocycles. The molecule has 33 heavy (non-hydrogen) atoms. The molecule has 3 amide bonds. The second-order valence-electron chi connectivity index (χ2n) is 8.90. The van der Waals surface area contributed by atoms with Crippen LogP contribution in [0.5, 0.6) is 0 Å². The Kier molecular flexibility index (Phi) is 8.05. The number of ether oxygens (including phenoxy) is 1. The smallest absolute Gasteiger partial charge is 0.254 e. The Bertz CT molecular complexity index is 1010. The van der Waals surface area contributed by atoms with Crippen LogP contribution in [0.15, 0.2) is 42.5 Å². The molecule has 0 aliphatic carbocycles. The molecular formula is C25H34N4O4. The van der Waals surface area contributed by atoms with Crippen LogP contribution in [0.2, 0.25) is 0 Å². The van der Waals surface area contributed by atoms with Gasteiger partial charge in [0.1, 0.15) is 17.7 Å². The SMILES string of the molecule is COC(C)(C)C(=O)N1CCCC1C(=O)NC(Cc1ccc2ccccc2c1)C(=O)NCCN. The largest absolute Gasteiger partial charge is 0.369 e. The van der Waals surface area contributed by atoms with Gasteiger partial charge in [0.05, 0.1) is 0 Å². The lowest BCUT2D eigenvalue weighted by Gasteiger charge is -2.32. The van der Waals surface area contributed by atoms with Crippen LogP contribution in [-0.2, 0) is 25.5 Å². The molecule has 2 aromatic carbocycles. The van der Waals surface area contributed by atoms with E-state index in [1.807, 2.05) is 42.5 Å². The summed E-state index contributed by atoms with van der Waals surface area (Å²) in [6.07, 6.45) is 1.60. The maximum atomic E-state index is 13.2. The first kappa shape index (κ1) is 24.7. The fourth-order valence-corrected chi connectivity index (χ4v) is 4.11. The molecule has 1 aliphatic rings. The van der Waals surface area contributed by atoms with Gasteiger partial charge in [-0.2, -0.15) is 0 Å². The lowest BCUT2D eigenvalue weighted by molar-refractivity contribution is -0.154. The first-order valence-electron chi connectivity index (χ1n) is 11.4. The number of hydrogen-bond donors (Lipinski definition) is 3. The normalized spacial score (nSPS) is 17.1. The van der Waals surface area contributed by atoms with Crippen molar-refractivity contribution < 1.29 is 19.1 Å². The van der Waals surface area contributed by atoms with Gasteiger partial charge in [-0.25, -0.2) is 0 Å². The van der Waals surface area contributed by atoms with Gasteiger partial charge < -0.3 is 26.0 Å². The van der Waals surface area contributed by atoms with E-state index in [4.69, 9.17) is 10.5 Å². The van der Waals surface area contributed by atoms with Gasteiger partial charge in [-0.1, -0.05) is 42.5 Å². The maximum absolute atomic E-state index is 13.2. The van der Waals surface area contributed by atoms with Crippen molar-refractivity contribution in [2.45, 2.75) is 50.8 Å². The summed E-state index contributed by atoms with van der Waals surface area (Å²) in [5.74, 6) is -0.863. The van der Waals surface area contributed by atoms with E-state index in [0.717, 1.165) is 22.8 Å². The number of benzene rings is 2. The molecule has 0 aromatic heterocycles. The fraction of sp³-hybridized carbons (Fsp3) is 0.480. The Morgan fingerprint density at radius 1 is 1.18 bits per heavy atom. The number of amides is 3. The first-order valence-corrected chi connectivity index (χ1v) is 11.4. The van der Waals surface area contributed by atoms with Crippen LogP contribution < -0.4 is 16.4 Å². The Labute approximate surface area is 194 Å². The van der Waals surface area contributed by atoms with Crippen LogP contribution in [0.3, 0.4) is 0 Å². The van der Waals surface area contributed by atoms with Gasteiger partial charge in [0.2, 0.25) is 11.8 Å². The van der Waals surface area contributed by atoms with Crippen molar-refractivity contribution >= 4 is 28.5 Å². The summed E-state index contributed by atoms with van der Waals surface area (Å²) >= 11 is 0. The monoisotopic (exact) mass is 454 g/mol. The highest BCUT2D eigenvalue weighted by atomic mass is 16.5. The number of carbonyl (C=O) groups excluding carboxylic acids is 3. The number of hydrogen-bond acceptors (Lipinski definition) is 5. The number of methoxy groups -OCH3 is 1. The quantitative estimate of drug-likeness (QED) is 0.529. The van der Waals surface area contributed by atoms with Gasteiger partial charge in [-0.3, -0.25) is 14.4 Å². The van der Waals surface area contributed by atoms with E-state index < -0.39 is 17.7 Å². The van der Waals surface area contributed by atoms with Crippen molar-refractivity contribution in [2.75, 3.05) is 26.7 Å². The zero-order chi connectivity index (χ0) is 24.0. The zero-order valence-electron chi connectivity index (χ0n) is 19.6. The topological polar surface area (TPSA) is 114 Å². The predicted octanol–water partition coefficient (Wildman–Crippen LogP) is 1.36. The maximum Gasteiger partial charge on any atom is 0.254 e. The van der Waals surface area contributed by atoms with Crippen LogP contribution >= 0.6 is 0 Å². The van der Waals surface area contributed by atoms with Gasteiger partial charge in [0, 0.05) is 33.2 Å². The summed E-state index contributed by atoms with van der Waals surface area (Å²) in [6, 6.07) is 12.6. The molecule has 178 valence electrons. The lowest BCUT2D eigenvalue weighted by Crippen LogP contribution is -2.56. The number of carbonyl (C=O) groups is 3.